The summed E-state index contributed by atoms with van der Waals surface area (Å²) in [5.41, 5.74) is 0.0773. The Kier molecular flexibility index (Phi) is 1.97. The number of rotatable bonds is 0. The van der Waals surface area contributed by atoms with Crippen molar-refractivity contribution in [1.82, 2.24) is 10.6 Å². The second kappa shape index (κ2) is 3.25. The Labute approximate surface area is 96.8 Å². The average molecular weight is 234 g/mol. The van der Waals surface area contributed by atoms with Gasteiger partial charge in [0.1, 0.15) is 5.54 Å². The van der Waals surface area contributed by atoms with E-state index in [1.54, 1.807) is 11.8 Å². The van der Waals surface area contributed by atoms with Crippen LogP contribution in [0.1, 0.15) is 12.0 Å². The smallest absolute Gasteiger partial charge is 0.319 e. The Balaban J connectivity index is 2.17. The van der Waals surface area contributed by atoms with Crippen LogP contribution in [0.3, 0.4) is 0 Å². The van der Waals surface area contributed by atoms with E-state index in [0.29, 0.717) is 6.42 Å². The third-order valence-electron chi connectivity index (χ3n) is 3.02. The SMILES string of the molecule is O=C1NC(=O)[C@@]2(CCSc3ccccc32)N1. The first kappa shape index (κ1) is 9.72. The topological polar surface area (TPSA) is 58.2 Å². The predicted molar refractivity (Wildman–Crippen MR) is 60.1 cm³/mol. The fourth-order valence-electron chi connectivity index (χ4n) is 2.25. The van der Waals surface area contributed by atoms with Crippen molar-refractivity contribution in [3.63, 3.8) is 0 Å². The van der Waals surface area contributed by atoms with E-state index in [0.717, 1.165) is 16.2 Å². The number of carbonyl (C=O) groups is 2. The molecule has 0 saturated carbocycles. The first-order valence-electron chi connectivity index (χ1n) is 5.08. The van der Waals surface area contributed by atoms with Gasteiger partial charge in [-0.05, 0) is 12.5 Å². The monoisotopic (exact) mass is 234 g/mol. The first-order chi connectivity index (χ1) is 7.72. The van der Waals surface area contributed by atoms with Gasteiger partial charge in [0, 0.05) is 16.2 Å². The van der Waals surface area contributed by atoms with Crippen LogP contribution in [-0.4, -0.2) is 17.7 Å². The molecule has 1 spiro atoms. The molecule has 2 heterocycles. The van der Waals surface area contributed by atoms with Crippen LogP contribution in [0.2, 0.25) is 0 Å². The molecule has 4 nitrogen and oxygen atoms in total. The van der Waals surface area contributed by atoms with E-state index < -0.39 is 11.6 Å². The third-order valence-corrected chi connectivity index (χ3v) is 4.10. The fraction of sp³-hybridized carbons (Fsp3) is 0.273. The zero-order valence-electron chi connectivity index (χ0n) is 8.45. The van der Waals surface area contributed by atoms with E-state index in [9.17, 15) is 9.59 Å². The number of benzene rings is 1. The zero-order chi connectivity index (χ0) is 11.2. The molecule has 2 N–H and O–H groups in total. The van der Waals surface area contributed by atoms with Gasteiger partial charge in [0.15, 0.2) is 0 Å². The minimum atomic E-state index is -0.834. The number of thioether (sulfide) groups is 1. The Hall–Kier alpha value is -1.49. The van der Waals surface area contributed by atoms with Crippen molar-refractivity contribution in [3.8, 4) is 0 Å². The lowest BCUT2D eigenvalue weighted by Gasteiger charge is -2.32. The highest BCUT2D eigenvalue weighted by atomic mass is 32.2. The number of carbonyl (C=O) groups excluding carboxylic acids is 2. The van der Waals surface area contributed by atoms with Gasteiger partial charge >= 0.3 is 6.03 Å². The van der Waals surface area contributed by atoms with Crippen molar-refractivity contribution < 1.29 is 9.59 Å². The number of fused-ring (bicyclic) bond motifs is 2. The molecule has 1 fully saturated rings. The fourth-order valence-corrected chi connectivity index (χ4v) is 3.45. The molecule has 1 atom stereocenters. The molecule has 1 saturated heterocycles. The molecular formula is C11H10N2O2S. The maximum Gasteiger partial charge on any atom is 0.322 e. The van der Waals surface area contributed by atoms with Crippen molar-refractivity contribution >= 4 is 23.7 Å². The summed E-state index contributed by atoms with van der Waals surface area (Å²) in [7, 11) is 0. The third kappa shape index (κ3) is 1.18. The molecule has 2 aliphatic rings. The highest BCUT2D eigenvalue weighted by molar-refractivity contribution is 7.99. The molecule has 3 amide bonds. The number of urea groups is 1. The summed E-state index contributed by atoms with van der Waals surface area (Å²) in [6, 6.07) is 7.33. The van der Waals surface area contributed by atoms with Crippen molar-refractivity contribution in [1.29, 1.82) is 0 Å². The number of imide groups is 1. The highest BCUT2D eigenvalue weighted by Gasteiger charge is 2.49. The summed E-state index contributed by atoms with van der Waals surface area (Å²) in [6.07, 6.45) is 0.645. The van der Waals surface area contributed by atoms with E-state index in [2.05, 4.69) is 10.6 Å². The van der Waals surface area contributed by atoms with Crippen molar-refractivity contribution in [2.75, 3.05) is 5.75 Å². The lowest BCUT2D eigenvalue weighted by molar-refractivity contribution is -0.124. The lowest BCUT2D eigenvalue weighted by Crippen LogP contribution is -2.46. The van der Waals surface area contributed by atoms with Crippen LogP contribution in [0.15, 0.2) is 29.2 Å². The summed E-state index contributed by atoms with van der Waals surface area (Å²) in [5, 5.41) is 5.08. The van der Waals surface area contributed by atoms with Gasteiger partial charge < -0.3 is 5.32 Å². The molecule has 82 valence electrons. The van der Waals surface area contributed by atoms with Gasteiger partial charge in [0.25, 0.3) is 5.91 Å². The van der Waals surface area contributed by atoms with E-state index in [4.69, 9.17) is 0 Å². The molecule has 3 rings (SSSR count). The van der Waals surface area contributed by atoms with Crippen LogP contribution in [0.25, 0.3) is 0 Å². The van der Waals surface area contributed by atoms with Gasteiger partial charge in [-0.3, -0.25) is 10.1 Å². The van der Waals surface area contributed by atoms with Gasteiger partial charge in [-0.2, -0.15) is 0 Å². The molecule has 1 aromatic carbocycles. The highest BCUT2D eigenvalue weighted by Crippen LogP contribution is 2.41. The maximum absolute atomic E-state index is 11.9. The largest absolute Gasteiger partial charge is 0.322 e. The Morgan fingerprint density at radius 1 is 1.25 bits per heavy atom. The molecule has 5 heteroatoms. The predicted octanol–water partition coefficient (Wildman–Crippen LogP) is 1.22. The van der Waals surface area contributed by atoms with E-state index in [1.165, 1.54) is 0 Å². The second-order valence-electron chi connectivity index (χ2n) is 3.91. The Bertz CT molecular complexity index is 489. The molecule has 0 aromatic heterocycles. The van der Waals surface area contributed by atoms with Crippen LogP contribution >= 0.6 is 11.8 Å². The number of amides is 3. The van der Waals surface area contributed by atoms with Crippen LogP contribution in [0, 0.1) is 0 Å². The van der Waals surface area contributed by atoms with E-state index in [1.807, 2.05) is 24.3 Å². The van der Waals surface area contributed by atoms with Gasteiger partial charge in [0.2, 0.25) is 0 Å². The van der Waals surface area contributed by atoms with Crippen molar-refractivity contribution in [3.05, 3.63) is 29.8 Å². The van der Waals surface area contributed by atoms with E-state index in [-0.39, 0.29) is 5.91 Å². The Morgan fingerprint density at radius 3 is 2.81 bits per heavy atom. The maximum atomic E-state index is 11.9. The van der Waals surface area contributed by atoms with Crippen LogP contribution < -0.4 is 10.6 Å². The molecule has 1 aromatic rings. The standard InChI is InChI=1S/C11H10N2O2S/c14-9-11(13-10(15)12-9)5-6-16-8-4-2-1-3-7(8)11/h1-4H,5-6H2,(H2,12,13,14,15)/t11-/m0/s1. The van der Waals surface area contributed by atoms with Crippen LogP contribution in [0.5, 0.6) is 0 Å². The minimum Gasteiger partial charge on any atom is -0.319 e. The van der Waals surface area contributed by atoms with Crippen LogP contribution in [0.4, 0.5) is 4.79 Å². The molecule has 0 radical (unpaired) electrons. The molecule has 16 heavy (non-hydrogen) atoms. The average Bonchev–Trinajstić information content (AvgIpc) is 2.55. The van der Waals surface area contributed by atoms with E-state index >= 15 is 0 Å². The van der Waals surface area contributed by atoms with Gasteiger partial charge in [-0.15, -0.1) is 11.8 Å². The van der Waals surface area contributed by atoms with Gasteiger partial charge in [0.05, 0.1) is 0 Å². The van der Waals surface area contributed by atoms with Gasteiger partial charge in [-0.25, -0.2) is 4.79 Å². The summed E-state index contributed by atoms with van der Waals surface area (Å²) in [4.78, 5) is 24.3. The number of hydrogen-bond acceptors (Lipinski definition) is 3. The molecule has 0 bridgehead atoms. The molecule has 0 unspecified atom stereocenters. The van der Waals surface area contributed by atoms with Crippen LogP contribution in [-0.2, 0) is 10.3 Å². The summed E-state index contributed by atoms with van der Waals surface area (Å²) < 4.78 is 0. The summed E-state index contributed by atoms with van der Waals surface area (Å²) in [5.74, 6) is 0.607. The number of nitrogens with one attached hydrogen (secondary N) is 2. The Morgan fingerprint density at radius 2 is 2.06 bits per heavy atom. The zero-order valence-corrected chi connectivity index (χ0v) is 9.26. The second-order valence-corrected chi connectivity index (χ2v) is 5.04. The quantitative estimate of drug-likeness (QED) is 0.663. The normalized spacial score (nSPS) is 27.5. The van der Waals surface area contributed by atoms with Crippen molar-refractivity contribution in [2.24, 2.45) is 0 Å². The minimum absolute atomic E-state index is 0.231. The first-order valence-corrected chi connectivity index (χ1v) is 6.07. The van der Waals surface area contributed by atoms with Gasteiger partial charge in [-0.1, -0.05) is 18.2 Å². The molecular weight excluding hydrogens is 224 g/mol. The summed E-state index contributed by atoms with van der Waals surface area (Å²) >= 11 is 1.72. The molecule has 0 aliphatic carbocycles. The lowest BCUT2D eigenvalue weighted by atomic mass is 9.87. The number of hydrogen-bond donors (Lipinski definition) is 2. The summed E-state index contributed by atoms with van der Waals surface area (Å²) in [6.45, 7) is 0. The molecule has 2 aliphatic heterocycles. The van der Waals surface area contributed by atoms with Crippen molar-refractivity contribution in [2.45, 2.75) is 16.9 Å².